The molecule has 0 aliphatic carbocycles. The summed E-state index contributed by atoms with van der Waals surface area (Å²) in [6, 6.07) is 7.65. The van der Waals surface area contributed by atoms with Crippen molar-refractivity contribution in [1.29, 1.82) is 0 Å². The Morgan fingerprint density at radius 2 is 1.71 bits per heavy atom. The van der Waals surface area contributed by atoms with E-state index in [4.69, 9.17) is 4.74 Å². The summed E-state index contributed by atoms with van der Waals surface area (Å²) in [6.45, 7) is 13.9. The Morgan fingerprint density at radius 3 is 2.21 bits per heavy atom. The predicted molar refractivity (Wildman–Crippen MR) is 97.3 cm³/mol. The highest BCUT2D eigenvalue weighted by molar-refractivity contribution is 5.94. The Hall–Kier alpha value is -1.55. The zero-order valence-electron chi connectivity index (χ0n) is 16.0. The second kappa shape index (κ2) is 7.14. The normalized spacial score (nSPS) is 20.0. The molecule has 1 aromatic rings. The lowest BCUT2D eigenvalue weighted by Crippen LogP contribution is -3.06. The van der Waals surface area contributed by atoms with Crippen LogP contribution in [0.15, 0.2) is 24.3 Å². The summed E-state index contributed by atoms with van der Waals surface area (Å²) in [5.41, 5.74) is 0.986. The number of carbonyl (C=O) groups excluding carboxylic acids is 1. The molecule has 2 rings (SSSR count). The molecule has 134 valence electrons. The molecule has 0 aromatic heterocycles. The first kappa shape index (κ1) is 18.8. The van der Waals surface area contributed by atoms with Crippen molar-refractivity contribution in [2.75, 3.05) is 6.61 Å². The Kier molecular flexibility index (Phi) is 5.59. The third kappa shape index (κ3) is 5.52. The van der Waals surface area contributed by atoms with Crippen molar-refractivity contribution in [3.63, 3.8) is 0 Å². The highest BCUT2D eigenvalue weighted by atomic mass is 16.5. The van der Waals surface area contributed by atoms with Crippen LogP contribution in [0.1, 0.15) is 64.7 Å². The van der Waals surface area contributed by atoms with Gasteiger partial charge in [0.25, 0.3) is 5.91 Å². The van der Waals surface area contributed by atoms with Crippen LogP contribution in [0.4, 0.5) is 0 Å². The number of quaternary nitrogens is 1. The third-order valence-corrected chi connectivity index (χ3v) is 4.36. The maximum atomic E-state index is 12.6. The summed E-state index contributed by atoms with van der Waals surface area (Å²) in [5.74, 6) is 1.31. The van der Waals surface area contributed by atoms with Crippen molar-refractivity contribution < 1.29 is 14.8 Å². The van der Waals surface area contributed by atoms with E-state index in [1.165, 1.54) is 0 Å². The van der Waals surface area contributed by atoms with Crippen LogP contribution in [-0.2, 0) is 0 Å². The summed E-state index contributed by atoms with van der Waals surface area (Å²) in [5, 5.41) is 5.64. The van der Waals surface area contributed by atoms with Gasteiger partial charge < -0.3 is 15.4 Å². The molecule has 1 heterocycles. The summed E-state index contributed by atoms with van der Waals surface area (Å²) in [4.78, 5) is 12.6. The van der Waals surface area contributed by atoms with E-state index in [9.17, 15) is 4.79 Å². The minimum Gasteiger partial charge on any atom is -0.493 e. The summed E-state index contributed by atoms with van der Waals surface area (Å²) >= 11 is 0. The van der Waals surface area contributed by atoms with Gasteiger partial charge in [-0.2, -0.15) is 0 Å². The molecule has 4 heteroatoms. The van der Waals surface area contributed by atoms with Gasteiger partial charge in [-0.15, -0.1) is 0 Å². The second-order valence-electron chi connectivity index (χ2n) is 8.93. The van der Waals surface area contributed by atoms with Crippen LogP contribution >= 0.6 is 0 Å². The lowest BCUT2D eigenvalue weighted by atomic mass is 9.79. The highest BCUT2D eigenvalue weighted by Crippen LogP contribution is 2.22. The van der Waals surface area contributed by atoms with Crippen molar-refractivity contribution in [2.45, 2.75) is 71.5 Å². The first-order valence-electron chi connectivity index (χ1n) is 8.97. The molecule has 4 nitrogen and oxygen atoms in total. The number of nitrogens with one attached hydrogen (secondary N) is 1. The number of carbonyl (C=O) groups is 1. The standard InChI is InChI=1S/C20H32N2O2/c1-14(2)13-24-17-9-7-15(8-10-17)18(23)21-16-11-19(3,4)22-20(5,6)12-16/h7-10,14,16,22H,11-13H2,1-6H3,(H,21,23)/p+1. The molecule has 0 atom stereocenters. The average molecular weight is 333 g/mol. The minimum atomic E-state index is 0.00362. The van der Waals surface area contributed by atoms with Gasteiger partial charge in [0.1, 0.15) is 5.75 Å². The molecule has 0 radical (unpaired) electrons. The van der Waals surface area contributed by atoms with E-state index < -0.39 is 0 Å². The zero-order chi connectivity index (χ0) is 18.0. The van der Waals surface area contributed by atoms with Crippen molar-refractivity contribution in [3.8, 4) is 5.75 Å². The molecule has 24 heavy (non-hydrogen) atoms. The van der Waals surface area contributed by atoms with E-state index in [1.807, 2.05) is 24.3 Å². The number of rotatable bonds is 5. The molecule has 0 saturated carbocycles. The molecule has 0 bridgehead atoms. The first-order chi connectivity index (χ1) is 11.1. The largest absolute Gasteiger partial charge is 0.493 e. The lowest BCUT2D eigenvalue weighted by Gasteiger charge is -2.43. The number of benzene rings is 1. The van der Waals surface area contributed by atoms with E-state index in [1.54, 1.807) is 0 Å². The Labute approximate surface area is 146 Å². The first-order valence-corrected chi connectivity index (χ1v) is 8.97. The van der Waals surface area contributed by atoms with Crippen LogP contribution in [0, 0.1) is 5.92 Å². The predicted octanol–water partition coefficient (Wildman–Crippen LogP) is 2.73. The molecule has 3 N–H and O–H groups in total. The molecule has 1 amide bonds. The molecule has 1 aliphatic heterocycles. The molecular formula is C20H33N2O2+. The Balaban J connectivity index is 1.96. The molecule has 0 unspecified atom stereocenters. The van der Waals surface area contributed by atoms with Crippen molar-refractivity contribution in [1.82, 2.24) is 5.32 Å². The molecular weight excluding hydrogens is 300 g/mol. The smallest absolute Gasteiger partial charge is 0.251 e. The number of hydrogen-bond donors (Lipinski definition) is 2. The van der Waals surface area contributed by atoms with E-state index >= 15 is 0 Å². The number of nitrogens with two attached hydrogens (primary N) is 1. The monoisotopic (exact) mass is 333 g/mol. The van der Waals surface area contributed by atoms with Gasteiger partial charge in [-0.25, -0.2) is 0 Å². The SMILES string of the molecule is CC(C)COc1ccc(C(=O)NC2CC(C)(C)[NH2+]C(C)(C)C2)cc1. The van der Waals surface area contributed by atoms with Gasteiger partial charge in [-0.3, -0.25) is 4.79 Å². The van der Waals surface area contributed by atoms with Crippen LogP contribution in [-0.4, -0.2) is 29.6 Å². The van der Waals surface area contributed by atoms with Crippen molar-refractivity contribution >= 4 is 5.91 Å². The van der Waals surface area contributed by atoms with Crippen molar-refractivity contribution in [3.05, 3.63) is 29.8 Å². The van der Waals surface area contributed by atoms with Crippen LogP contribution in [0.2, 0.25) is 0 Å². The molecule has 1 fully saturated rings. The highest BCUT2D eigenvalue weighted by Gasteiger charge is 2.42. The summed E-state index contributed by atoms with van der Waals surface area (Å²) in [7, 11) is 0. The third-order valence-electron chi connectivity index (χ3n) is 4.36. The number of amides is 1. The quantitative estimate of drug-likeness (QED) is 0.870. The Morgan fingerprint density at radius 1 is 1.17 bits per heavy atom. The lowest BCUT2D eigenvalue weighted by molar-refractivity contribution is -0.787. The van der Waals surface area contributed by atoms with Crippen LogP contribution in [0.3, 0.4) is 0 Å². The van der Waals surface area contributed by atoms with Gasteiger partial charge in [0.15, 0.2) is 0 Å². The fourth-order valence-corrected chi connectivity index (χ4v) is 3.85. The summed E-state index contributed by atoms with van der Waals surface area (Å²) in [6.07, 6.45) is 1.97. The van der Waals surface area contributed by atoms with Crippen LogP contribution in [0.25, 0.3) is 0 Å². The summed E-state index contributed by atoms with van der Waals surface area (Å²) < 4.78 is 5.67. The topological polar surface area (TPSA) is 54.9 Å². The van der Waals surface area contributed by atoms with Crippen LogP contribution < -0.4 is 15.4 Å². The van der Waals surface area contributed by atoms with Gasteiger partial charge in [-0.1, -0.05) is 13.8 Å². The van der Waals surface area contributed by atoms with E-state index in [-0.39, 0.29) is 23.0 Å². The van der Waals surface area contributed by atoms with E-state index in [2.05, 4.69) is 52.2 Å². The van der Waals surface area contributed by atoms with E-state index in [0.29, 0.717) is 18.1 Å². The maximum Gasteiger partial charge on any atom is 0.251 e. The second-order valence-corrected chi connectivity index (χ2v) is 8.93. The molecule has 1 aromatic carbocycles. The average Bonchev–Trinajstić information content (AvgIpc) is 2.42. The minimum absolute atomic E-state index is 0.00362. The fraction of sp³-hybridized carbons (Fsp3) is 0.650. The van der Waals surface area contributed by atoms with Gasteiger partial charge in [0.2, 0.25) is 0 Å². The molecule has 1 saturated heterocycles. The number of piperidine rings is 1. The maximum absolute atomic E-state index is 12.6. The molecule has 0 spiro atoms. The van der Waals surface area contributed by atoms with E-state index in [0.717, 1.165) is 18.6 Å². The fourth-order valence-electron chi connectivity index (χ4n) is 3.85. The number of ether oxygens (including phenoxy) is 1. The van der Waals surface area contributed by atoms with Crippen molar-refractivity contribution in [2.24, 2.45) is 5.92 Å². The van der Waals surface area contributed by atoms with Gasteiger partial charge in [0, 0.05) is 24.4 Å². The number of hydrogen-bond acceptors (Lipinski definition) is 2. The molecule has 1 aliphatic rings. The van der Waals surface area contributed by atoms with Gasteiger partial charge in [0.05, 0.1) is 17.7 Å². The van der Waals surface area contributed by atoms with Crippen LogP contribution in [0.5, 0.6) is 5.75 Å². The van der Waals surface area contributed by atoms with Gasteiger partial charge in [-0.05, 0) is 57.9 Å². The van der Waals surface area contributed by atoms with Gasteiger partial charge >= 0.3 is 0 Å². The zero-order valence-corrected chi connectivity index (χ0v) is 16.0. The Bertz CT molecular complexity index is 546.